The molecule has 0 aliphatic heterocycles. The van der Waals surface area contributed by atoms with Gasteiger partial charge in [-0.2, -0.15) is 0 Å². The Morgan fingerprint density at radius 2 is 1.10 bits per heavy atom. The van der Waals surface area contributed by atoms with Crippen molar-refractivity contribution in [2.45, 2.75) is 155 Å². The standard InChI is InChI=1S/C27H54N2O2/c1-4-6-8-10-12-14-16-18-20-22-26(30)29-24(3)23-25(27(28)31)21-19-17-15-13-11-9-7-5-2/h24-25H,4-23H2,1-3H3,(H2,28,31)(H,29,30). The lowest BCUT2D eigenvalue weighted by Gasteiger charge is -2.19. The highest BCUT2D eigenvalue weighted by molar-refractivity contribution is 5.77. The number of amides is 2. The number of unbranched alkanes of at least 4 members (excludes halogenated alkanes) is 15. The lowest BCUT2D eigenvalue weighted by Crippen LogP contribution is -2.36. The average Bonchev–Trinajstić information content (AvgIpc) is 2.73. The molecule has 0 radical (unpaired) electrons. The molecule has 0 aromatic heterocycles. The largest absolute Gasteiger partial charge is 0.369 e. The maximum atomic E-state index is 12.2. The fraction of sp³-hybridized carbons (Fsp3) is 0.926. The van der Waals surface area contributed by atoms with Gasteiger partial charge in [0.15, 0.2) is 0 Å². The van der Waals surface area contributed by atoms with Gasteiger partial charge in [0.05, 0.1) is 0 Å². The molecule has 0 bridgehead atoms. The fourth-order valence-corrected chi connectivity index (χ4v) is 4.33. The van der Waals surface area contributed by atoms with E-state index in [-0.39, 0.29) is 23.8 Å². The topological polar surface area (TPSA) is 72.2 Å². The maximum Gasteiger partial charge on any atom is 0.220 e. The summed E-state index contributed by atoms with van der Waals surface area (Å²) in [6.45, 7) is 6.49. The van der Waals surface area contributed by atoms with E-state index in [9.17, 15) is 9.59 Å². The highest BCUT2D eigenvalue weighted by Gasteiger charge is 2.19. The number of nitrogens with two attached hydrogens (primary N) is 1. The van der Waals surface area contributed by atoms with E-state index in [1.54, 1.807) is 0 Å². The minimum atomic E-state index is -0.219. The predicted octanol–water partition coefficient (Wildman–Crippen LogP) is 7.43. The van der Waals surface area contributed by atoms with Crippen molar-refractivity contribution in [3.63, 3.8) is 0 Å². The summed E-state index contributed by atoms with van der Waals surface area (Å²) in [6, 6.07) is 0.0117. The Labute approximate surface area is 193 Å². The summed E-state index contributed by atoms with van der Waals surface area (Å²) in [6.07, 6.45) is 23.5. The van der Waals surface area contributed by atoms with Crippen molar-refractivity contribution in [1.29, 1.82) is 0 Å². The Hall–Kier alpha value is -1.06. The van der Waals surface area contributed by atoms with E-state index >= 15 is 0 Å². The van der Waals surface area contributed by atoms with Gasteiger partial charge in [0.1, 0.15) is 0 Å². The minimum Gasteiger partial charge on any atom is -0.369 e. The summed E-state index contributed by atoms with van der Waals surface area (Å²) in [7, 11) is 0. The van der Waals surface area contributed by atoms with Crippen LogP contribution >= 0.6 is 0 Å². The van der Waals surface area contributed by atoms with Crippen LogP contribution in [0, 0.1) is 5.92 Å². The molecule has 0 fully saturated rings. The molecular formula is C27H54N2O2. The van der Waals surface area contributed by atoms with Gasteiger partial charge in [-0.15, -0.1) is 0 Å². The van der Waals surface area contributed by atoms with Crippen LogP contribution < -0.4 is 11.1 Å². The molecule has 3 N–H and O–H groups in total. The van der Waals surface area contributed by atoms with Crippen molar-refractivity contribution in [1.82, 2.24) is 5.32 Å². The third-order valence-corrected chi connectivity index (χ3v) is 6.36. The molecular weight excluding hydrogens is 384 g/mol. The van der Waals surface area contributed by atoms with Crippen LogP contribution in [0.4, 0.5) is 0 Å². The minimum absolute atomic E-state index is 0.0117. The fourth-order valence-electron chi connectivity index (χ4n) is 4.33. The Bertz CT molecular complexity index is 425. The maximum absolute atomic E-state index is 12.2. The number of carbonyl (C=O) groups is 2. The molecule has 0 rings (SSSR count). The van der Waals surface area contributed by atoms with E-state index in [0.29, 0.717) is 12.8 Å². The molecule has 0 saturated heterocycles. The molecule has 0 heterocycles. The van der Waals surface area contributed by atoms with Gasteiger partial charge < -0.3 is 11.1 Å². The van der Waals surface area contributed by atoms with E-state index < -0.39 is 0 Å². The highest BCUT2D eigenvalue weighted by atomic mass is 16.2. The van der Waals surface area contributed by atoms with Crippen LogP contribution in [0.5, 0.6) is 0 Å². The predicted molar refractivity (Wildman–Crippen MR) is 134 cm³/mol. The normalized spacial score (nSPS) is 13.1. The molecule has 184 valence electrons. The lowest BCUT2D eigenvalue weighted by atomic mass is 9.93. The smallest absolute Gasteiger partial charge is 0.220 e. The van der Waals surface area contributed by atoms with Crippen molar-refractivity contribution in [3.05, 3.63) is 0 Å². The molecule has 2 unspecified atom stereocenters. The third-order valence-electron chi connectivity index (χ3n) is 6.36. The Morgan fingerprint density at radius 3 is 1.55 bits per heavy atom. The summed E-state index contributed by atoms with van der Waals surface area (Å²) in [5.74, 6) is -0.225. The quantitative estimate of drug-likeness (QED) is 0.163. The van der Waals surface area contributed by atoms with Crippen molar-refractivity contribution < 1.29 is 9.59 Å². The number of primary amides is 1. The molecule has 0 aromatic rings. The van der Waals surface area contributed by atoms with Gasteiger partial charge in [0, 0.05) is 18.4 Å². The first-order chi connectivity index (χ1) is 15.0. The van der Waals surface area contributed by atoms with Gasteiger partial charge in [0.2, 0.25) is 11.8 Å². The number of hydrogen-bond donors (Lipinski definition) is 2. The third kappa shape index (κ3) is 20.6. The summed E-state index contributed by atoms with van der Waals surface area (Å²) < 4.78 is 0. The molecule has 2 atom stereocenters. The van der Waals surface area contributed by atoms with Crippen LogP contribution in [0.15, 0.2) is 0 Å². The van der Waals surface area contributed by atoms with Crippen LogP contribution in [0.1, 0.15) is 149 Å². The van der Waals surface area contributed by atoms with Gasteiger partial charge in [-0.3, -0.25) is 9.59 Å². The second-order valence-corrected chi connectivity index (χ2v) is 9.65. The first-order valence-electron chi connectivity index (χ1n) is 13.6. The monoisotopic (exact) mass is 438 g/mol. The van der Waals surface area contributed by atoms with E-state index in [2.05, 4.69) is 19.2 Å². The zero-order chi connectivity index (χ0) is 23.2. The Kier molecular flexibility index (Phi) is 21.4. The number of hydrogen-bond acceptors (Lipinski definition) is 2. The summed E-state index contributed by atoms with van der Waals surface area (Å²) in [5, 5.41) is 3.07. The van der Waals surface area contributed by atoms with Crippen LogP contribution in [-0.2, 0) is 9.59 Å². The van der Waals surface area contributed by atoms with Crippen LogP contribution in [0.25, 0.3) is 0 Å². The number of nitrogens with one attached hydrogen (secondary N) is 1. The molecule has 0 aliphatic carbocycles. The first-order valence-corrected chi connectivity index (χ1v) is 13.6. The van der Waals surface area contributed by atoms with Crippen molar-refractivity contribution >= 4 is 11.8 Å². The average molecular weight is 439 g/mol. The van der Waals surface area contributed by atoms with Gasteiger partial charge in [-0.1, -0.05) is 117 Å². The van der Waals surface area contributed by atoms with Gasteiger partial charge in [-0.25, -0.2) is 0 Å². The summed E-state index contributed by atoms with van der Waals surface area (Å²) >= 11 is 0. The molecule has 2 amide bonds. The van der Waals surface area contributed by atoms with Crippen LogP contribution in [-0.4, -0.2) is 17.9 Å². The lowest BCUT2D eigenvalue weighted by molar-refractivity contribution is -0.124. The second kappa shape index (κ2) is 22.1. The molecule has 4 heteroatoms. The van der Waals surface area contributed by atoms with Gasteiger partial charge >= 0.3 is 0 Å². The van der Waals surface area contributed by atoms with E-state index in [1.807, 2.05) is 6.92 Å². The molecule has 0 aromatic carbocycles. The van der Waals surface area contributed by atoms with Crippen LogP contribution in [0.2, 0.25) is 0 Å². The SMILES string of the molecule is CCCCCCCCCCCC(=O)NC(C)CC(CCCCCCCCCC)C(N)=O. The second-order valence-electron chi connectivity index (χ2n) is 9.65. The molecule has 0 aliphatic rings. The van der Waals surface area contributed by atoms with Crippen molar-refractivity contribution in [2.24, 2.45) is 11.7 Å². The van der Waals surface area contributed by atoms with E-state index in [1.165, 1.54) is 89.9 Å². The Balaban J connectivity index is 3.79. The van der Waals surface area contributed by atoms with Gasteiger partial charge in [-0.05, 0) is 26.2 Å². The molecule has 0 saturated carbocycles. The van der Waals surface area contributed by atoms with Crippen molar-refractivity contribution in [3.8, 4) is 0 Å². The number of rotatable bonds is 23. The van der Waals surface area contributed by atoms with E-state index in [4.69, 9.17) is 5.73 Å². The Morgan fingerprint density at radius 1 is 0.677 bits per heavy atom. The summed E-state index contributed by atoms with van der Waals surface area (Å²) in [5.41, 5.74) is 5.62. The first kappa shape index (κ1) is 29.9. The molecule has 4 nitrogen and oxygen atoms in total. The molecule has 31 heavy (non-hydrogen) atoms. The zero-order valence-corrected chi connectivity index (χ0v) is 21.2. The van der Waals surface area contributed by atoms with Crippen molar-refractivity contribution in [2.75, 3.05) is 0 Å². The highest BCUT2D eigenvalue weighted by Crippen LogP contribution is 2.17. The molecule has 0 spiro atoms. The van der Waals surface area contributed by atoms with Crippen LogP contribution in [0.3, 0.4) is 0 Å². The summed E-state index contributed by atoms with van der Waals surface area (Å²) in [4.78, 5) is 24.0. The number of carbonyl (C=O) groups excluding carboxylic acids is 2. The van der Waals surface area contributed by atoms with E-state index in [0.717, 1.165) is 25.7 Å². The zero-order valence-electron chi connectivity index (χ0n) is 21.2. The van der Waals surface area contributed by atoms with Gasteiger partial charge in [0.25, 0.3) is 0 Å².